The van der Waals surface area contributed by atoms with E-state index in [1.54, 1.807) is 6.07 Å². The Labute approximate surface area is 88.6 Å². The predicted octanol–water partition coefficient (Wildman–Crippen LogP) is 1.85. The van der Waals surface area contributed by atoms with Crippen molar-refractivity contribution in [3.8, 4) is 11.5 Å². The molecule has 0 fully saturated rings. The molecule has 0 radical (unpaired) electrons. The lowest BCUT2D eigenvalue weighted by Gasteiger charge is -2.06. The van der Waals surface area contributed by atoms with Gasteiger partial charge in [-0.2, -0.15) is 0 Å². The van der Waals surface area contributed by atoms with Crippen molar-refractivity contribution in [2.75, 3.05) is 13.4 Å². The number of aliphatic hydroxyl groups excluding tert-OH is 1. The quantitative estimate of drug-likeness (QED) is 0.885. The first-order valence-corrected chi connectivity index (χ1v) is 4.90. The summed E-state index contributed by atoms with van der Waals surface area (Å²) in [7, 11) is 0. The molecule has 0 unspecified atom stereocenters. The highest BCUT2D eigenvalue weighted by Crippen LogP contribution is 2.40. The van der Waals surface area contributed by atoms with E-state index in [2.05, 4.69) is 15.9 Å². The zero-order valence-electron chi connectivity index (χ0n) is 7.22. The first kappa shape index (κ1) is 9.73. The summed E-state index contributed by atoms with van der Waals surface area (Å²) < 4.78 is 24.3. The molecule has 3 nitrogen and oxygen atoms in total. The molecule has 1 aromatic rings. The average molecular weight is 263 g/mol. The molecular formula is C9H8BrFO3. The van der Waals surface area contributed by atoms with Gasteiger partial charge in [0.15, 0.2) is 11.6 Å². The molecule has 14 heavy (non-hydrogen) atoms. The Morgan fingerprint density at radius 2 is 2.29 bits per heavy atom. The molecule has 0 aromatic heterocycles. The van der Waals surface area contributed by atoms with E-state index in [0.29, 0.717) is 15.8 Å². The first-order valence-electron chi connectivity index (χ1n) is 4.11. The van der Waals surface area contributed by atoms with Crippen LogP contribution in [0, 0.1) is 5.82 Å². The fourth-order valence-electron chi connectivity index (χ4n) is 1.35. The molecule has 76 valence electrons. The fraction of sp³-hybridized carbons (Fsp3) is 0.333. The zero-order valence-corrected chi connectivity index (χ0v) is 8.80. The van der Waals surface area contributed by atoms with Gasteiger partial charge in [0.25, 0.3) is 0 Å². The molecule has 0 amide bonds. The van der Waals surface area contributed by atoms with Crippen molar-refractivity contribution in [3.05, 3.63) is 21.9 Å². The second-order valence-corrected chi connectivity index (χ2v) is 3.71. The molecule has 0 spiro atoms. The minimum absolute atomic E-state index is 0.0429. The van der Waals surface area contributed by atoms with Gasteiger partial charge in [0, 0.05) is 16.6 Å². The molecule has 5 heteroatoms. The van der Waals surface area contributed by atoms with Crippen molar-refractivity contribution >= 4 is 15.9 Å². The lowest BCUT2D eigenvalue weighted by Crippen LogP contribution is -1.98. The Kier molecular flexibility index (Phi) is 2.60. The van der Waals surface area contributed by atoms with E-state index in [4.69, 9.17) is 14.6 Å². The summed E-state index contributed by atoms with van der Waals surface area (Å²) >= 11 is 3.22. The molecule has 0 saturated heterocycles. The minimum atomic E-state index is -0.457. The minimum Gasteiger partial charge on any atom is -0.453 e. The maximum absolute atomic E-state index is 13.7. The van der Waals surface area contributed by atoms with Crippen LogP contribution < -0.4 is 9.47 Å². The van der Waals surface area contributed by atoms with Crippen molar-refractivity contribution in [1.82, 2.24) is 0 Å². The summed E-state index contributed by atoms with van der Waals surface area (Å²) in [4.78, 5) is 0. The molecule has 1 aliphatic rings. The Balaban J connectivity index is 2.51. The molecule has 1 heterocycles. The van der Waals surface area contributed by atoms with Gasteiger partial charge >= 0.3 is 0 Å². The van der Waals surface area contributed by atoms with Gasteiger partial charge in [-0.25, -0.2) is 4.39 Å². The summed E-state index contributed by atoms with van der Waals surface area (Å²) in [5, 5.41) is 8.76. The van der Waals surface area contributed by atoms with Crippen LogP contribution in [0.3, 0.4) is 0 Å². The molecule has 1 aromatic carbocycles. The van der Waals surface area contributed by atoms with Gasteiger partial charge in [-0.15, -0.1) is 0 Å². The third-order valence-corrected chi connectivity index (χ3v) is 2.72. The van der Waals surface area contributed by atoms with Gasteiger partial charge in [-0.1, -0.05) is 15.9 Å². The van der Waals surface area contributed by atoms with Gasteiger partial charge < -0.3 is 14.6 Å². The maximum atomic E-state index is 13.7. The van der Waals surface area contributed by atoms with Crippen molar-refractivity contribution in [3.63, 3.8) is 0 Å². The van der Waals surface area contributed by atoms with E-state index in [-0.39, 0.29) is 25.6 Å². The second kappa shape index (κ2) is 3.74. The summed E-state index contributed by atoms with van der Waals surface area (Å²) in [5.74, 6) is 0.0774. The highest BCUT2D eigenvalue weighted by Gasteiger charge is 2.23. The summed E-state index contributed by atoms with van der Waals surface area (Å²) in [6.07, 6.45) is 0.253. The Bertz CT molecular complexity index is 368. The normalized spacial score (nSPS) is 13.4. The second-order valence-electron chi connectivity index (χ2n) is 2.86. The number of hydrogen-bond acceptors (Lipinski definition) is 3. The molecule has 0 bridgehead atoms. The number of fused-ring (bicyclic) bond motifs is 1. The van der Waals surface area contributed by atoms with Crippen LogP contribution in [0.15, 0.2) is 10.5 Å². The molecule has 2 rings (SSSR count). The number of benzene rings is 1. The summed E-state index contributed by atoms with van der Waals surface area (Å²) in [5.41, 5.74) is 0.414. The molecule has 0 atom stereocenters. The van der Waals surface area contributed by atoms with Crippen LogP contribution in [-0.4, -0.2) is 18.5 Å². The highest BCUT2D eigenvalue weighted by molar-refractivity contribution is 9.10. The smallest absolute Gasteiger partial charge is 0.231 e. The highest BCUT2D eigenvalue weighted by atomic mass is 79.9. The third-order valence-electron chi connectivity index (χ3n) is 2.01. The van der Waals surface area contributed by atoms with Gasteiger partial charge in [0.2, 0.25) is 12.5 Å². The molecule has 1 aliphatic heterocycles. The number of aliphatic hydroxyl groups is 1. The van der Waals surface area contributed by atoms with E-state index < -0.39 is 5.82 Å². The van der Waals surface area contributed by atoms with Crippen molar-refractivity contribution < 1.29 is 19.0 Å². The molecular weight excluding hydrogens is 255 g/mol. The Morgan fingerprint density at radius 3 is 3.00 bits per heavy atom. The van der Waals surface area contributed by atoms with Crippen LogP contribution in [0.4, 0.5) is 4.39 Å². The Morgan fingerprint density at radius 1 is 1.50 bits per heavy atom. The van der Waals surface area contributed by atoms with Gasteiger partial charge in [0.1, 0.15) is 0 Å². The number of rotatable bonds is 2. The molecule has 0 saturated carbocycles. The lowest BCUT2D eigenvalue weighted by molar-refractivity contribution is 0.170. The van der Waals surface area contributed by atoms with Gasteiger partial charge in [-0.05, 0) is 12.5 Å². The van der Waals surface area contributed by atoms with Crippen molar-refractivity contribution in [2.45, 2.75) is 6.42 Å². The summed E-state index contributed by atoms with van der Waals surface area (Å²) in [6, 6.07) is 1.65. The van der Waals surface area contributed by atoms with Crippen LogP contribution in [0.25, 0.3) is 0 Å². The van der Waals surface area contributed by atoms with E-state index in [9.17, 15) is 4.39 Å². The van der Waals surface area contributed by atoms with Crippen LogP contribution in [0.5, 0.6) is 11.5 Å². The monoisotopic (exact) mass is 262 g/mol. The average Bonchev–Trinajstić information content (AvgIpc) is 2.60. The van der Waals surface area contributed by atoms with Crippen LogP contribution in [-0.2, 0) is 6.42 Å². The van der Waals surface area contributed by atoms with Crippen molar-refractivity contribution in [2.24, 2.45) is 0 Å². The van der Waals surface area contributed by atoms with Gasteiger partial charge in [0.05, 0.1) is 0 Å². The maximum Gasteiger partial charge on any atom is 0.231 e. The fourth-order valence-corrected chi connectivity index (χ4v) is 1.93. The molecule has 0 aliphatic carbocycles. The van der Waals surface area contributed by atoms with Crippen LogP contribution in [0.2, 0.25) is 0 Å². The standard InChI is InChI=1S/C9H8BrFO3/c10-6-3-7-9(14-4-13-7)8(11)5(6)1-2-12/h3,12H,1-2,4H2. The van der Waals surface area contributed by atoms with Gasteiger partial charge in [-0.3, -0.25) is 0 Å². The van der Waals surface area contributed by atoms with Crippen LogP contribution >= 0.6 is 15.9 Å². The number of ether oxygens (including phenoxy) is 2. The first-order chi connectivity index (χ1) is 6.74. The van der Waals surface area contributed by atoms with E-state index in [0.717, 1.165) is 0 Å². The Hall–Kier alpha value is -0.810. The number of hydrogen-bond donors (Lipinski definition) is 1. The SMILES string of the molecule is OCCc1c(Br)cc2c(c1F)OCO2. The zero-order chi connectivity index (χ0) is 10.1. The van der Waals surface area contributed by atoms with Crippen LogP contribution in [0.1, 0.15) is 5.56 Å². The third kappa shape index (κ3) is 1.46. The molecule has 1 N–H and O–H groups in total. The predicted molar refractivity (Wildman–Crippen MR) is 51.0 cm³/mol. The van der Waals surface area contributed by atoms with Crippen molar-refractivity contribution in [1.29, 1.82) is 0 Å². The van der Waals surface area contributed by atoms with E-state index >= 15 is 0 Å². The van der Waals surface area contributed by atoms with E-state index in [1.807, 2.05) is 0 Å². The van der Waals surface area contributed by atoms with E-state index in [1.165, 1.54) is 0 Å². The lowest BCUT2D eigenvalue weighted by atomic mass is 10.1. The summed E-state index contributed by atoms with van der Waals surface area (Å²) in [6.45, 7) is -0.0591. The number of halogens is 2. The topological polar surface area (TPSA) is 38.7 Å². The largest absolute Gasteiger partial charge is 0.453 e.